The molecule has 7 nitrogen and oxygen atoms in total. The number of nitrogens with zero attached hydrogens (tertiary/aromatic N) is 5. The third-order valence-corrected chi connectivity index (χ3v) is 7.83. The van der Waals surface area contributed by atoms with Gasteiger partial charge in [-0.1, -0.05) is 0 Å². The Balaban J connectivity index is 1.29. The van der Waals surface area contributed by atoms with E-state index >= 15 is 0 Å². The lowest BCUT2D eigenvalue weighted by atomic mass is 10.0. The number of nitriles is 1. The Morgan fingerprint density at radius 3 is 2.80 bits per heavy atom. The van der Waals surface area contributed by atoms with Gasteiger partial charge in [0.15, 0.2) is 0 Å². The summed E-state index contributed by atoms with van der Waals surface area (Å²) >= 11 is 0. The van der Waals surface area contributed by atoms with E-state index in [-0.39, 0.29) is 6.04 Å². The molecule has 0 amide bonds. The van der Waals surface area contributed by atoms with Gasteiger partial charge in [-0.25, -0.2) is 0 Å². The monoisotopic (exact) mass is 468 g/mol. The molecule has 1 N–H and O–H groups in total. The molecule has 4 heterocycles. The molecule has 2 saturated heterocycles. The second kappa shape index (κ2) is 9.03. The molecule has 2 atom stereocenters. The lowest BCUT2D eigenvalue weighted by Gasteiger charge is -2.45. The number of nitrogens with one attached hydrogen (secondary N) is 1. The number of hydrogen-bond acceptors (Lipinski definition) is 7. The van der Waals surface area contributed by atoms with Gasteiger partial charge in [0.05, 0.1) is 17.1 Å². The first kappa shape index (κ1) is 22.1. The van der Waals surface area contributed by atoms with Crippen LogP contribution < -0.4 is 19.9 Å². The van der Waals surface area contributed by atoms with Gasteiger partial charge in [0.2, 0.25) is 0 Å². The molecule has 0 spiro atoms. The molecular weight excluding hydrogens is 436 g/mol. The zero-order valence-electron chi connectivity index (χ0n) is 20.5. The molecule has 3 aliphatic rings. The summed E-state index contributed by atoms with van der Waals surface area (Å²) in [6, 6.07) is 15.6. The minimum absolute atomic E-state index is 0.288. The summed E-state index contributed by atoms with van der Waals surface area (Å²) in [6.07, 6.45) is 1.76. The van der Waals surface area contributed by atoms with Crippen molar-refractivity contribution in [2.24, 2.45) is 0 Å². The predicted molar refractivity (Wildman–Crippen MR) is 139 cm³/mol. The van der Waals surface area contributed by atoms with E-state index in [1.165, 1.54) is 16.8 Å². The van der Waals surface area contributed by atoms with Crippen LogP contribution in [0.4, 0.5) is 11.4 Å². The van der Waals surface area contributed by atoms with Crippen molar-refractivity contribution in [1.29, 1.82) is 5.26 Å². The van der Waals surface area contributed by atoms with Gasteiger partial charge in [0.25, 0.3) is 0 Å². The minimum atomic E-state index is 0.288. The number of aromatic nitrogens is 1. The van der Waals surface area contributed by atoms with E-state index < -0.39 is 0 Å². The van der Waals surface area contributed by atoms with Crippen molar-refractivity contribution < 1.29 is 4.74 Å². The first-order chi connectivity index (χ1) is 17.1. The van der Waals surface area contributed by atoms with Crippen molar-refractivity contribution in [3.8, 4) is 11.8 Å². The lowest BCUT2D eigenvalue weighted by molar-refractivity contribution is 0.0891. The van der Waals surface area contributed by atoms with Crippen molar-refractivity contribution in [3.63, 3.8) is 0 Å². The van der Waals surface area contributed by atoms with Crippen molar-refractivity contribution in [2.75, 3.05) is 55.7 Å². The van der Waals surface area contributed by atoms with Crippen LogP contribution in [0.15, 0.2) is 42.6 Å². The van der Waals surface area contributed by atoms with Crippen molar-refractivity contribution >= 4 is 22.3 Å². The number of hydrogen-bond donors (Lipinski definition) is 1. The fourth-order valence-corrected chi connectivity index (χ4v) is 5.94. The third kappa shape index (κ3) is 3.97. The maximum atomic E-state index is 9.54. The summed E-state index contributed by atoms with van der Waals surface area (Å²) in [5, 5.41) is 14.0. The maximum Gasteiger partial charge on any atom is 0.126 e. The molecule has 3 aliphatic heterocycles. The second-order valence-corrected chi connectivity index (χ2v) is 10.0. The molecule has 6 rings (SSSR count). The van der Waals surface area contributed by atoms with Crippen LogP contribution in [0.3, 0.4) is 0 Å². The predicted octanol–water partition coefficient (Wildman–Crippen LogP) is 3.30. The Kier molecular flexibility index (Phi) is 5.71. The first-order valence-corrected chi connectivity index (χ1v) is 12.6. The van der Waals surface area contributed by atoms with E-state index in [9.17, 15) is 5.26 Å². The van der Waals surface area contributed by atoms with Crippen LogP contribution in [-0.2, 0) is 6.54 Å². The zero-order valence-corrected chi connectivity index (χ0v) is 20.5. The van der Waals surface area contributed by atoms with E-state index in [1.807, 2.05) is 12.1 Å². The highest BCUT2D eigenvalue weighted by molar-refractivity contribution is 5.95. The lowest BCUT2D eigenvalue weighted by Crippen LogP contribution is -2.58. The van der Waals surface area contributed by atoms with Crippen LogP contribution in [0.5, 0.6) is 5.75 Å². The minimum Gasteiger partial charge on any atom is -0.491 e. The summed E-state index contributed by atoms with van der Waals surface area (Å²) in [6.45, 7) is 12.1. The number of aryl methyl sites for hydroxylation is 1. The van der Waals surface area contributed by atoms with Gasteiger partial charge in [-0.2, -0.15) is 5.26 Å². The molecule has 0 saturated carbocycles. The Bertz CT molecular complexity index is 1290. The number of piperazine rings is 2. The molecule has 2 aromatic carbocycles. The summed E-state index contributed by atoms with van der Waals surface area (Å²) in [4.78, 5) is 12.0. The van der Waals surface area contributed by atoms with E-state index in [2.05, 4.69) is 69.2 Å². The molecule has 0 unspecified atom stereocenters. The van der Waals surface area contributed by atoms with E-state index in [0.717, 1.165) is 68.2 Å². The average Bonchev–Trinajstić information content (AvgIpc) is 3.09. The van der Waals surface area contributed by atoms with Crippen molar-refractivity contribution in [3.05, 3.63) is 59.3 Å². The van der Waals surface area contributed by atoms with E-state index in [0.29, 0.717) is 18.2 Å². The van der Waals surface area contributed by atoms with Crippen LogP contribution >= 0.6 is 0 Å². The standard InChI is InChI=1S/C28H32N6O/c1-19-12-22(32-10-8-30-9-11-32)13-27-25(19)17-34-20(2)15-33(16-23(34)18-35-27)26-6-5-21(14-29)28-24(26)4-3-7-31-28/h3-7,12-13,20,23,30H,8-11,15-18H2,1-2H3/t20-,23-/m1/s1. The van der Waals surface area contributed by atoms with Gasteiger partial charge >= 0.3 is 0 Å². The van der Waals surface area contributed by atoms with Crippen LogP contribution in [0, 0.1) is 18.3 Å². The normalized spacial score (nSPS) is 22.7. The van der Waals surface area contributed by atoms with Crippen LogP contribution in [0.2, 0.25) is 0 Å². The number of benzene rings is 2. The molecule has 3 aromatic rings. The van der Waals surface area contributed by atoms with Crippen LogP contribution in [0.25, 0.3) is 10.9 Å². The molecule has 0 radical (unpaired) electrons. The number of ether oxygens (including phenoxy) is 1. The summed E-state index contributed by atoms with van der Waals surface area (Å²) in [5.41, 5.74) is 6.46. The maximum absolute atomic E-state index is 9.54. The SMILES string of the molecule is Cc1cc(N2CCNCC2)cc2c1CN1[C@@H](CO2)CN(c2ccc(C#N)c3ncccc23)C[C@H]1C. The Morgan fingerprint density at radius 2 is 1.97 bits per heavy atom. The van der Waals surface area contributed by atoms with Gasteiger partial charge in [0, 0.05) is 86.4 Å². The summed E-state index contributed by atoms with van der Waals surface area (Å²) in [5.74, 6) is 1.04. The van der Waals surface area contributed by atoms with Gasteiger partial charge in [-0.15, -0.1) is 0 Å². The fraction of sp³-hybridized carbons (Fsp3) is 0.429. The van der Waals surface area contributed by atoms with Gasteiger partial charge < -0.3 is 19.9 Å². The fourth-order valence-electron chi connectivity index (χ4n) is 5.94. The molecule has 180 valence electrons. The highest BCUT2D eigenvalue weighted by Crippen LogP contribution is 2.37. The molecule has 1 aromatic heterocycles. The average molecular weight is 469 g/mol. The second-order valence-electron chi connectivity index (χ2n) is 10.0. The summed E-state index contributed by atoms with van der Waals surface area (Å²) < 4.78 is 6.52. The Hall–Kier alpha value is -3.34. The van der Waals surface area contributed by atoms with Gasteiger partial charge in [0.1, 0.15) is 18.4 Å². The van der Waals surface area contributed by atoms with Crippen LogP contribution in [-0.4, -0.2) is 67.8 Å². The molecule has 7 heteroatoms. The largest absolute Gasteiger partial charge is 0.491 e. The number of anilines is 2. The van der Waals surface area contributed by atoms with Gasteiger partial charge in [-0.05, 0) is 49.7 Å². The van der Waals surface area contributed by atoms with Crippen molar-refractivity contribution in [1.82, 2.24) is 15.2 Å². The quantitative estimate of drug-likeness (QED) is 0.619. The molecular formula is C28H32N6O. The topological polar surface area (TPSA) is 67.7 Å². The Morgan fingerprint density at radius 1 is 1.11 bits per heavy atom. The molecule has 2 fully saturated rings. The van der Waals surface area contributed by atoms with Crippen molar-refractivity contribution in [2.45, 2.75) is 32.5 Å². The first-order valence-electron chi connectivity index (χ1n) is 12.6. The third-order valence-electron chi connectivity index (χ3n) is 7.83. The highest BCUT2D eigenvalue weighted by atomic mass is 16.5. The smallest absolute Gasteiger partial charge is 0.126 e. The molecule has 35 heavy (non-hydrogen) atoms. The van der Waals surface area contributed by atoms with E-state index in [1.54, 1.807) is 6.20 Å². The summed E-state index contributed by atoms with van der Waals surface area (Å²) in [7, 11) is 0. The molecule has 0 bridgehead atoms. The van der Waals surface area contributed by atoms with E-state index in [4.69, 9.17) is 4.74 Å². The number of rotatable bonds is 2. The zero-order chi connectivity index (χ0) is 23.9. The number of pyridine rings is 1. The van der Waals surface area contributed by atoms with Crippen LogP contribution in [0.1, 0.15) is 23.6 Å². The Labute approximate surface area is 206 Å². The van der Waals surface area contributed by atoms with Gasteiger partial charge in [-0.3, -0.25) is 9.88 Å². The number of fused-ring (bicyclic) bond motifs is 3. The highest BCUT2D eigenvalue weighted by Gasteiger charge is 2.36. The molecule has 0 aliphatic carbocycles.